The molecule has 1 atom stereocenters. The minimum Gasteiger partial charge on any atom is -0.384 e. The van der Waals surface area contributed by atoms with Crippen molar-refractivity contribution in [3.63, 3.8) is 0 Å². The minimum absolute atomic E-state index is 0.391. The fraction of sp³-hybridized carbons (Fsp3) is 0.200. The standard InChI is InChI=1S/C15H13BrClFO/c1-8-5-12(14(17)6-9(8)2)15(19)11-7-10(18)3-4-13(11)16/h3-7,15,19H,1-2H3. The molecule has 0 fully saturated rings. The van der Waals surface area contributed by atoms with E-state index in [2.05, 4.69) is 15.9 Å². The molecule has 0 saturated carbocycles. The lowest BCUT2D eigenvalue weighted by molar-refractivity contribution is 0.219. The highest BCUT2D eigenvalue weighted by Crippen LogP contribution is 2.34. The van der Waals surface area contributed by atoms with Crippen molar-refractivity contribution in [3.05, 3.63) is 67.9 Å². The highest BCUT2D eigenvalue weighted by molar-refractivity contribution is 9.10. The van der Waals surface area contributed by atoms with Crippen LogP contribution in [0.2, 0.25) is 5.02 Å². The molecule has 0 saturated heterocycles. The molecule has 1 N–H and O–H groups in total. The largest absolute Gasteiger partial charge is 0.384 e. The molecule has 1 unspecified atom stereocenters. The van der Waals surface area contributed by atoms with E-state index in [1.165, 1.54) is 12.1 Å². The van der Waals surface area contributed by atoms with Gasteiger partial charge < -0.3 is 5.11 Å². The zero-order chi connectivity index (χ0) is 14.2. The predicted octanol–water partition coefficient (Wildman–Crippen LogP) is 4.94. The fourth-order valence-corrected chi connectivity index (χ4v) is 2.69. The molecule has 0 radical (unpaired) electrons. The highest BCUT2D eigenvalue weighted by Gasteiger charge is 2.18. The Kier molecular flexibility index (Phi) is 4.29. The molecule has 0 spiro atoms. The first-order valence-corrected chi connectivity index (χ1v) is 6.97. The van der Waals surface area contributed by atoms with Gasteiger partial charge in [0.05, 0.1) is 0 Å². The molecule has 1 nitrogen and oxygen atoms in total. The Morgan fingerprint density at radius 2 is 1.74 bits per heavy atom. The van der Waals surface area contributed by atoms with Crippen LogP contribution in [0.5, 0.6) is 0 Å². The summed E-state index contributed by atoms with van der Waals surface area (Å²) >= 11 is 9.49. The third kappa shape index (κ3) is 2.99. The summed E-state index contributed by atoms with van der Waals surface area (Å²) in [5.74, 6) is -0.391. The number of benzene rings is 2. The van der Waals surface area contributed by atoms with Gasteiger partial charge in [-0.1, -0.05) is 33.6 Å². The van der Waals surface area contributed by atoms with Crippen LogP contribution in [0.15, 0.2) is 34.8 Å². The van der Waals surface area contributed by atoms with Gasteiger partial charge in [0.15, 0.2) is 0 Å². The van der Waals surface area contributed by atoms with Gasteiger partial charge >= 0.3 is 0 Å². The van der Waals surface area contributed by atoms with Crippen LogP contribution in [0.3, 0.4) is 0 Å². The van der Waals surface area contributed by atoms with Gasteiger partial charge in [-0.05, 0) is 49.2 Å². The molecule has 2 aromatic carbocycles. The van der Waals surface area contributed by atoms with E-state index in [9.17, 15) is 9.50 Å². The van der Waals surface area contributed by atoms with Crippen LogP contribution in [0.1, 0.15) is 28.4 Å². The van der Waals surface area contributed by atoms with Gasteiger partial charge in [0.25, 0.3) is 0 Å². The van der Waals surface area contributed by atoms with E-state index in [1.54, 1.807) is 6.07 Å². The Morgan fingerprint density at radius 1 is 1.11 bits per heavy atom. The molecule has 0 aliphatic heterocycles. The van der Waals surface area contributed by atoms with Crippen molar-refractivity contribution in [2.24, 2.45) is 0 Å². The summed E-state index contributed by atoms with van der Waals surface area (Å²) in [5, 5.41) is 10.9. The lowest BCUT2D eigenvalue weighted by Crippen LogP contribution is -2.03. The normalized spacial score (nSPS) is 12.5. The van der Waals surface area contributed by atoms with E-state index in [1.807, 2.05) is 26.0 Å². The van der Waals surface area contributed by atoms with Crippen LogP contribution in [0, 0.1) is 19.7 Å². The summed E-state index contributed by atoms with van der Waals surface area (Å²) in [5.41, 5.74) is 3.13. The lowest BCUT2D eigenvalue weighted by atomic mass is 9.97. The molecule has 0 aliphatic rings. The molecule has 0 aliphatic carbocycles. The molecule has 100 valence electrons. The Bertz CT molecular complexity index is 628. The van der Waals surface area contributed by atoms with Crippen molar-refractivity contribution in [1.29, 1.82) is 0 Å². The second kappa shape index (κ2) is 5.61. The van der Waals surface area contributed by atoms with E-state index < -0.39 is 11.9 Å². The molecular formula is C15H13BrClFO. The minimum atomic E-state index is -0.961. The van der Waals surface area contributed by atoms with Gasteiger partial charge in [0.1, 0.15) is 11.9 Å². The number of hydrogen-bond donors (Lipinski definition) is 1. The zero-order valence-corrected chi connectivity index (χ0v) is 12.9. The monoisotopic (exact) mass is 342 g/mol. The zero-order valence-electron chi connectivity index (χ0n) is 10.5. The van der Waals surface area contributed by atoms with Gasteiger partial charge in [0, 0.05) is 20.6 Å². The van der Waals surface area contributed by atoms with Crippen molar-refractivity contribution >= 4 is 27.5 Å². The van der Waals surface area contributed by atoms with Crippen LogP contribution in [-0.4, -0.2) is 5.11 Å². The number of aliphatic hydroxyl groups is 1. The Labute approximate surface area is 125 Å². The number of hydrogen-bond acceptors (Lipinski definition) is 1. The first-order valence-electron chi connectivity index (χ1n) is 5.80. The first kappa shape index (κ1) is 14.5. The van der Waals surface area contributed by atoms with E-state index in [0.29, 0.717) is 20.6 Å². The van der Waals surface area contributed by atoms with E-state index in [4.69, 9.17) is 11.6 Å². The summed E-state index contributed by atoms with van der Waals surface area (Å²) in [6.45, 7) is 3.90. The molecule has 0 amide bonds. The van der Waals surface area contributed by atoms with Gasteiger partial charge in [-0.25, -0.2) is 4.39 Å². The quantitative estimate of drug-likeness (QED) is 0.819. The van der Waals surface area contributed by atoms with Gasteiger partial charge in [-0.15, -0.1) is 0 Å². The Morgan fingerprint density at radius 3 is 2.42 bits per heavy atom. The maximum Gasteiger partial charge on any atom is 0.123 e. The van der Waals surface area contributed by atoms with Crippen molar-refractivity contribution < 1.29 is 9.50 Å². The van der Waals surface area contributed by atoms with E-state index >= 15 is 0 Å². The second-order valence-corrected chi connectivity index (χ2v) is 5.79. The molecule has 19 heavy (non-hydrogen) atoms. The van der Waals surface area contributed by atoms with Crippen LogP contribution >= 0.6 is 27.5 Å². The molecule has 0 aromatic heterocycles. The number of aryl methyl sites for hydroxylation is 2. The summed E-state index contributed by atoms with van der Waals surface area (Å²) in [6, 6.07) is 7.85. The Hall–Kier alpha value is -0.900. The maximum absolute atomic E-state index is 13.3. The van der Waals surface area contributed by atoms with Crippen LogP contribution in [-0.2, 0) is 0 Å². The SMILES string of the molecule is Cc1cc(Cl)c(C(O)c2cc(F)ccc2Br)cc1C. The summed E-state index contributed by atoms with van der Waals surface area (Å²) < 4.78 is 14.0. The summed E-state index contributed by atoms with van der Waals surface area (Å²) in [7, 11) is 0. The third-order valence-electron chi connectivity index (χ3n) is 3.16. The molecular weight excluding hydrogens is 331 g/mol. The average molecular weight is 344 g/mol. The predicted molar refractivity (Wildman–Crippen MR) is 79.1 cm³/mol. The van der Waals surface area contributed by atoms with Crippen molar-refractivity contribution in [2.75, 3.05) is 0 Å². The van der Waals surface area contributed by atoms with Crippen LogP contribution in [0.4, 0.5) is 4.39 Å². The lowest BCUT2D eigenvalue weighted by Gasteiger charge is -2.16. The number of halogens is 3. The third-order valence-corrected chi connectivity index (χ3v) is 4.21. The molecule has 0 bridgehead atoms. The molecule has 0 heterocycles. The first-order chi connectivity index (χ1) is 8.90. The van der Waals surface area contributed by atoms with Crippen LogP contribution in [0.25, 0.3) is 0 Å². The van der Waals surface area contributed by atoms with Gasteiger partial charge in [0.2, 0.25) is 0 Å². The number of rotatable bonds is 2. The van der Waals surface area contributed by atoms with Gasteiger partial charge in [-0.2, -0.15) is 0 Å². The maximum atomic E-state index is 13.3. The molecule has 2 aromatic rings. The van der Waals surface area contributed by atoms with E-state index in [0.717, 1.165) is 11.1 Å². The highest BCUT2D eigenvalue weighted by atomic mass is 79.9. The summed E-state index contributed by atoms with van der Waals surface area (Å²) in [6.07, 6.45) is -0.961. The molecule has 4 heteroatoms. The molecule has 2 rings (SSSR count). The summed E-state index contributed by atoms with van der Waals surface area (Å²) in [4.78, 5) is 0. The Balaban J connectivity index is 2.52. The average Bonchev–Trinajstić information content (AvgIpc) is 2.36. The van der Waals surface area contributed by atoms with Crippen molar-refractivity contribution in [3.8, 4) is 0 Å². The van der Waals surface area contributed by atoms with E-state index in [-0.39, 0.29) is 0 Å². The topological polar surface area (TPSA) is 20.2 Å². The second-order valence-electron chi connectivity index (χ2n) is 4.53. The van der Waals surface area contributed by atoms with Crippen molar-refractivity contribution in [1.82, 2.24) is 0 Å². The fourth-order valence-electron chi connectivity index (χ4n) is 1.90. The van der Waals surface area contributed by atoms with Gasteiger partial charge in [-0.3, -0.25) is 0 Å². The van der Waals surface area contributed by atoms with Crippen molar-refractivity contribution in [2.45, 2.75) is 20.0 Å². The number of aliphatic hydroxyl groups excluding tert-OH is 1. The smallest absolute Gasteiger partial charge is 0.123 e. The van der Waals surface area contributed by atoms with Crippen LogP contribution < -0.4 is 0 Å².